The summed E-state index contributed by atoms with van der Waals surface area (Å²) in [5.41, 5.74) is 0.312. The number of unbranched alkanes of at least 4 members (excludes halogenated alkanes) is 1. The van der Waals surface area contributed by atoms with Crippen LogP contribution in [0.2, 0.25) is 51.4 Å². The Morgan fingerprint density at radius 2 is 1.56 bits per heavy atom. The van der Waals surface area contributed by atoms with Gasteiger partial charge in [0.05, 0.1) is 26.5 Å². The molecular formula is C27H58O6Si3. The zero-order valence-electron chi connectivity index (χ0n) is 25.6. The lowest BCUT2D eigenvalue weighted by Gasteiger charge is -2.52. The number of hydrogen-bond acceptors (Lipinski definition) is 6. The van der Waals surface area contributed by atoms with E-state index in [1.165, 1.54) is 18.9 Å². The van der Waals surface area contributed by atoms with Crippen LogP contribution in [-0.2, 0) is 23.1 Å². The SMILES string of the molecule is C=C(C)C(=O)OC(CO)COCCC[Si](C)(C)C(C)(CC)O[Si](C)(C)C(C)(C)O[Si](C)(C)CCCC. The Labute approximate surface area is 225 Å². The van der Waals surface area contributed by atoms with Gasteiger partial charge in [-0.2, -0.15) is 0 Å². The van der Waals surface area contributed by atoms with Crippen LogP contribution in [0.3, 0.4) is 0 Å². The molecule has 0 saturated carbocycles. The standard InChI is InChI=1S/C27H58O6Si3/c1-14-16-20-35(10,11)32-26(5,6)36(12,13)33-27(7,15-2)34(8,9)19-17-18-30-22-24(21-28)31-25(29)23(3)4/h24,28H,3,14-22H2,1-2,4-13H3. The van der Waals surface area contributed by atoms with Crippen LogP contribution in [0.1, 0.15) is 67.2 Å². The summed E-state index contributed by atoms with van der Waals surface area (Å²) in [6.45, 7) is 31.1. The van der Waals surface area contributed by atoms with Crippen LogP contribution in [0, 0.1) is 0 Å². The molecule has 0 saturated heterocycles. The fourth-order valence-electron chi connectivity index (χ4n) is 4.31. The molecule has 0 aliphatic rings. The molecule has 0 spiro atoms. The van der Waals surface area contributed by atoms with Gasteiger partial charge in [-0.1, -0.05) is 52.4 Å². The highest BCUT2D eigenvalue weighted by molar-refractivity contribution is 6.82. The monoisotopic (exact) mass is 562 g/mol. The second-order valence-electron chi connectivity index (χ2n) is 12.7. The lowest BCUT2D eigenvalue weighted by atomic mass is 10.3. The molecule has 0 aromatic rings. The van der Waals surface area contributed by atoms with Crippen LogP contribution < -0.4 is 0 Å². The van der Waals surface area contributed by atoms with Gasteiger partial charge in [-0.25, -0.2) is 4.79 Å². The van der Waals surface area contributed by atoms with Gasteiger partial charge < -0.3 is 23.4 Å². The molecule has 1 N–H and O–H groups in total. The molecule has 0 aromatic heterocycles. The molecule has 0 aromatic carbocycles. The highest BCUT2D eigenvalue weighted by atomic mass is 28.4. The van der Waals surface area contributed by atoms with Gasteiger partial charge in [-0.05, 0) is 72.8 Å². The second-order valence-corrected chi connectivity index (χ2v) is 26.7. The van der Waals surface area contributed by atoms with E-state index in [4.69, 9.17) is 18.3 Å². The van der Waals surface area contributed by atoms with Crippen molar-refractivity contribution in [3.8, 4) is 0 Å². The number of hydrogen-bond donors (Lipinski definition) is 1. The number of rotatable bonds is 19. The van der Waals surface area contributed by atoms with Crippen molar-refractivity contribution in [1.29, 1.82) is 0 Å². The van der Waals surface area contributed by atoms with Crippen molar-refractivity contribution in [2.24, 2.45) is 0 Å². The van der Waals surface area contributed by atoms with E-state index in [0.717, 1.165) is 18.9 Å². The van der Waals surface area contributed by atoms with Crippen molar-refractivity contribution >= 4 is 30.7 Å². The number of carbonyl (C=O) groups is 1. The molecule has 0 bridgehead atoms. The summed E-state index contributed by atoms with van der Waals surface area (Å²) in [6, 6.07) is 2.25. The molecule has 2 atom stereocenters. The van der Waals surface area contributed by atoms with Crippen LogP contribution in [0.15, 0.2) is 12.2 Å². The first-order valence-electron chi connectivity index (χ1n) is 13.7. The van der Waals surface area contributed by atoms with Gasteiger partial charge in [0.15, 0.2) is 8.32 Å². The number of aliphatic hydroxyl groups excluding tert-OH is 1. The maximum atomic E-state index is 11.7. The van der Waals surface area contributed by atoms with Gasteiger partial charge in [0.1, 0.15) is 6.10 Å². The Morgan fingerprint density at radius 3 is 2.03 bits per heavy atom. The molecule has 0 fully saturated rings. The van der Waals surface area contributed by atoms with Gasteiger partial charge in [0.2, 0.25) is 8.32 Å². The van der Waals surface area contributed by atoms with Gasteiger partial charge in [0.25, 0.3) is 0 Å². The molecule has 0 radical (unpaired) electrons. The number of carbonyl (C=O) groups excluding carboxylic acids is 1. The molecular weight excluding hydrogens is 505 g/mol. The van der Waals surface area contributed by atoms with E-state index in [9.17, 15) is 9.90 Å². The van der Waals surface area contributed by atoms with Crippen LogP contribution in [0.4, 0.5) is 0 Å². The maximum absolute atomic E-state index is 11.7. The smallest absolute Gasteiger partial charge is 0.333 e. The summed E-state index contributed by atoms with van der Waals surface area (Å²) in [5.74, 6) is -0.503. The van der Waals surface area contributed by atoms with Crippen LogP contribution in [-0.4, -0.2) is 72.2 Å². The van der Waals surface area contributed by atoms with E-state index >= 15 is 0 Å². The highest BCUT2D eigenvalue weighted by Gasteiger charge is 2.52. The van der Waals surface area contributed by atoms with E-state index < -0.39 is 36.8 Å². The van der Waals surface area contributed by atoms with Crippen LogP contribution in [0.25, 0.3) is 0 Å². The minimum absolute atomic E-state index is 0.164. The fraction of sp³-hybridized carbons (Fsp3) is 0.889. The Bertz CT molecular complexity index is 693. The van der Waals surface area contributed by atoms with Crippen molar-refractivity contribution in [3.05, 3.63) is 12.2 Å². The highest BCUT2D eigenvalue weighted by Crippen LogP contribution is 2.40. The van der Waals surface area contributed by atoms with Crippen LogP contribution >= 0.6 is 0 Å². The summed E-state index contributed by atoms with van der Waals surface area (Å²) in [7, 11) is -5.79. The number of aliphatic hydroxyl groups is 1. The predicted molar refractivity (Wildman–Crippen MR) is 159 cm³/mol. The average molecular weight is 563 g/mol. The Morgan fingerprint density at radius 1 is 0.972 bits per heavy atom. The average Bonchev–Trinajstić information content (AvgIpc) is 2.74. The van der Waals surface area contributed by atoms with Gasteiger partial charge in [-0.3, -0.25) is 0 Å². The van der Waals surface area contributed by atoms with Crippen molar-refractivity contribution in [2.45, 2.75) is 135 Å². The zero-order chi connectivity index (χ0) is 28.4. The normalized spacial score (nSPS) is 15.9. The Balaban J connectivity index is 5.13. The lowest BCUT2D eigenvalue weighted by Crippen LogP contribution is -2.66. The first-order valence-corrected chi connectivity index (χ1v) is 23.0. The Kier molecular flexibility index (Phi) is 14.6. The maximum Gasteiger partial charge on any atom is 0.333 e. The molecule has 0 rings (SSSR count). The van der Waals surface area contributed by atoms with Crippen molar-refractivity contribution in [2.75, 3.05) is 19.8 Å². The molecule has 0 heterocycles. The predicted octanol–water partition coefficient (Wildman–Crippen LogP) is 6.85. The molecule has 6 nitrogen and oxygen atoms in total. The van der Waals surface area contributed by atoms with Gasteiger partial charge in [0, 0.05) is 17.4 Å². The quantitative estimate of drug-likeness (QED) is 0.0803. The largest absolute Gasteiger partial charge is 0.454 e. The minimum Gasteiger partial charge on any atom is -0.454 e. The summed E-state index contributed by atoms with van der Waals surface area (Å²) in [5, 5.41) is 9.04. The van der Waals surface area contributed by atoms with E-state index in [0.29, 0.717) is 12.2 Å². The third-order valence-electron chi connectivity index (χ3n) is 7.92. The summed E-state index contributed by atoms with van der Waals surface area (Å²) >= 11 is 0. The minimum atomic E-state index is -2.21. The third kappa shape index (κ3) is 11.2. The first-order chi connectivity index (χ1) is 16.3. The van der Waals surface area contributed by atoms with Crippen LogP contribution in [0.5, 0.6) is 0 Å². The molecule has 0 aliphatic heterocycles. The summed E-state index contributed by atoms with van der Waals surface area (Å²) < 4.78 is 25.0. The number of ether oxygens (including phenoxy) is 2. The Hall–Kier alpha value is -0.299. The first kappa shape index (κ1) is 35.7. The third-order valence-corrected chi connectivity index (χ3v) is 19.8. The van der Waals surface area contributed by atoms with E-state index in [1.54, 1.807) is 6.92 Å². The fourth-order valence-corrected chi connectivity index (χ4v) is 14.7. The number of esters is 1. The van der Waals surface area contributed by atoms with Gasteiger partial charge in [-0.15, -0.1) is 0 Å². The molecule has 9 heteroatoms. The lowest BCUT2D eigenvalue weighted by molar-refractivity contribution is -0.149. The molecule has 0 amide bonds. The van der Waals surface area contributed by atoms with Crippen molar-refractivity contribution in [3.63, 3.8) is 0 Å². The van der Waals surface area contributed by atoms with Crippen molar-refractivity contribution in [1.82, 2.24) is 0 Å². The molecule has 214 valence electrons. The van der Waals surface area contributed by atoms with Crippen molar-refractivity contribution < 1.29 is 28.2 Å². The molecule has 2 unspecified atom stereocenters. The summed E-state index contributed by atoms with van der Waals surface area (Å²) in [4.78, 5) is 11.7. The van der Waals surface area contributed by atoms with E-state index in [2.05, 4.69) is 80.5 Å². The zero-order valence-corrected chi connectivity index (χ0v) is 28.6. The van der Waals surface area contributed by atoms with Gasteiger partial charge >= 0.3 is 5.97 Å². The molecule has 36 heavy (non-hydrogen) atoms. The molecule has 0 aliphatic carbocycles. The topological polar surface area (TPSA) is 74.2 Å². The summed E-state index contributed by atoms with van der Waals surface area (Å²) in [6.07, 6.45) is 3.64. The second kappa shape index (κ2) is 14.7. The van der Waals surface area contributed by atoms with E-state index in [1.807, 2.05) is 0 Å². The van der Waals surface area contributed by atoms with E-state index in [-0.39, 0.29) is 23.7 Å².